The molecule has 2 aliphatic heterocycles. The Hall–Kier alpha value is -1.06. The third-order valence-electron chi connectivity index (χ3n) is 4.87. The first-order valence-electron chi connectivity index (χ1n) is 8.57. The second-order valence-corrected chi connectivity index (χ2v) is 6.62. The van der Waals surface area contributed by atoms with Gasteiger partial charge >= 0.3 is 0 Å². The van der Waals surface area contributed by atoms with Gasteiger partial charge in [0.05, 0.1) is 25.8 Å². The van der Waals surface area contributed by atoms with Crippen molar-refractivity contribution in [1.82, 2.24) is 5.32 Å². The first-order chi connectivity index (χ1) is 11.7. The fraction of sp³-hybridized carbons (Fsp3) is 0.611. The van der Waals surface area contributed by atoms with Crippen molar-refractivity contribution in [3.8, 4) is 5.75 Å². The maximum atomic E-state index is 6.16. The smallest absolute Gasteiger partial charge is 0.189 e. The molecule has 3 N–H and O–H groups in total. The minimum Gasteiger partial charge on any atom is -0.493 e. The van der Waals surface area contributed by atoms with Gasteiger partial charge in [0.15, 0.2) is 5.96 Å². The number of nitrogens with two attached hydrogens (primary N) is 1. The third kappa shape index (κ3) is 5.21. The minimum atomic E-state index is 0. The van der Waals surface area contributed by atoms with Crippen LogP contribution in [0.2, 0.25) is 0 Å². The number of methoxy groups -OCH3 is 1. The van der Waals surface area contributed by atoms with E-state index >= 15 is 0 Å². The highest BCUT2D eigenvalue weighted by molar-refractivity contribution is 14.0. The van der Waals surface area contributed by atoms with Gasteiger partial charge in [0.1, 0.15) is 5.75 Å². The van der Waals surface area contributed by atoms with Crippen LogP contribution < -0.4 is 15.8 Å². The second-order valence-electron chi connectivity index (χ2n) is 6.62. The molecule has 0 amide bonds. The second kappa shape index (κ2) is 9.59. The number of rotatable bonds is 5. The molecule has 0 aliphatic carbocycles. The summed E-state index contributed by atoms with van der Waals surface area (Å²) in [5.41, 5.74) is 7.33. The largest absolute Gasteiger partial charge is 0.493 e. The maximum Gasteiger partial charge on any atom is 0.189 e. The van der Waals surface area contributed by atoms with Gasteiger partial charge < -0.3 is 25.3 Å². The lowest BCUT2D eigenvalue weighted by molar-refractivity contribution is -0.0223. The fourth-order valence-electron chi connectivity index (χ4n) is 3.43. The van der Waals surface area contributed by atoms with Crippen LogP contribution in [0.25, 0.3) is 0 Å². The average molecular weight is 461 g/mol. The summed E-state index contributed by atoms with van der Waals surface area (Å²) in [6.07, 6.45) is 2.79. The molecule has 0 aromatic heterocycles. The van der Waals surface area contributed by atoms with E-state index in [1.165, 1.54) is 0 Å². The number of aliphatic imine (C=N–C) groups is 1. The summed E-state index contributed by atoms with van der Waals surface area (Å²) in [5, 5.41) is 3.35. The quantitative estimate of drug-likeness (QED) is 0.400. The number of para-hydroxylation sites is 1. The third-order valence-corrected chi connectivity index (χ3v) is 4.87. The van der Waals surface area contributed by atoms with Gasteiger partial charge in [0, 0.05) is 37.7 Å². The molecular formula is C18H28IN3O3. The summed E-state index contributed by atoms with van der Waals surface area (Å²) in [4.78, 5) is 4.61. The Balaban J connectivity index is 0.00000225. The first-order valence-corrected chi connectivity index (χ1v) is 8.57. The van der Waals surface area contributed by atoms with Gasteiger partial charge in [-0.2, -0.15) is 0 Å². The summed E-state index contributed by atoms with van der Waals surface area (Å²) in [6, 6.07) is 8.21. The molecule has 0 saturated carbocycles. The molecule has 140 valence electrons. The highest BCUT2D eigenvalue weighted by Crippen LogP contribution is 2.32. The lowest BCUT2D eigenvalue weighted by atomic mass is 9.81. The van der Waals surface area contributed by atoms with Gasteiger partial charge in [0.2, 0.25) is 0 Å². The van der Waals surface area contributed by atoms with E-state index in [-0.39, 0.29) is 35.4 Å². The van der Waals surface area contributed by atoms with Crippen LogP contribution in [0, 0.1) is 5.41 Å². The standard InChI is InChI=1S/C18H27N3O3.HI/c1-22-13-18(7-10-23-11-8-18)12-20-17(19)21-15-6-9-24-16-5-3-2-4-14(15)16;/h2-5,15H,6-13H2,1H3,(H3,19,20,21);1H. The fourth-order valence-corrected chi connectivity index (χ4v) is 3.43. The number of benzene rings is 1. The first kappa shape index (κ1) is 20.3. The molecule has 2 heterocycles. The molecule has 7 heteroatoms. The van der Waals surface area contributed by atoms with Crippen molar-refractivity contribution in [3.05, 3.63) is 29.8 Å². The molecule has 1 atom stereocenters. The molecule has 1 saturated heterocycles. The highest BCUT2D eigenvalue weighted by Gasteiger charge is 2.32. The van der Waals surface area contributed by atoms with Gasteiger partial charge in [-0.05, 0) is 18.9 Å². The van der Waals surface area contributed by atoms with Crippen molar-refractivity contribution in [2.75, 3.05) is 40.1 Å². The van der Waals surface area contributed by atoms with Crippen molar-refractivity contribution in [1.29, 1.82) is 0 Å². The van der Waals surface area contributed by atoms with E-state index in [4.69, 9.17) is 19.9 Å². The molecule has 0 bridgehead atoms. The molecule has 0 radical (unpaired) electrons. The SMILES string of the molecule is COCC1(CN=C(N)NC2CCOc3ccccc32)CCOCC1.I. The average Bonchev–Trinajstić information content (AvgIpc) is 2.62. The lowest BCUT2D eigenvalue weighted by Gasteiger charge is -2.35. The van der Waals surface area contributed by atoms with Gasteiger partial charge in [-0.15, -0.1) is 24.0 Å². The van der Waals surface area contributed by atoms with Crippen LogP contribution in [-0.4, -0.2) is 46.0 Å². The monoisotopic (exact) mass is 461 g/mol. The van der Waals surface area contributed by atoms with E-state index in [1.54, 1.807) is 7.11 Å². The Bertz CT molecular complexity index is 571. The number of hydrogen-bond acceptors (Lipinski definition) is 4. The van der Waals surface area contributed by atoms with Crippen molar-refractivity contribution in [3.63, 3.8) is 0 Å². The molecule has 0 spiro atoms. The van der Waals surface area contributed by atoms with Crippen LogP contribution in [0.3, 0.4) is 0 Å². The summed E-state index contributed by atoms with van der Waals surface area (Å²) < 4.78 is 16.6. The van der Waals surface area contributed by atoms with Crippen LogP contribution >= 0.6 is 24.0 Å². The van der Waals surface area contributed by atoms with Crippen molar-refractivity contribution in [2.45, 2.75) is 25.3 Å². The molecule has 2 aliphatic rings. The van der Waals surface area contributed by atoms with Gasteiger partial charge in [0.25, 0.3) is 0 Å². The number of nitrogens with zero attached hydrogens (tertiary/aromatic N) is 1. The molecule has 25 heavy (non-hydrogen) atoms. The number of guanidine groups is 1. The predicted molar refractivity (Wildman–Crippen MR) is 109 cm³/mol. The van der Waals surface area contributed by atoms with Gasteiger partial charge in [-0.3, -0.25) is 4.99 Å². The predicted octanol–water partition coefficient (Wildman–Crippen LogP) is 2.48. The number of fused-ring (bicyclic) bond motifs is 1. The van der Waals surface area contributed by atoms with Gasteiger partial charge in [-0.25, -0.2) is 0 Å². The van der Waals surface area contributed by atoms with E-state index in [0.29, 0.717) is 25.7 Å². The van der Waals surface area contributed by atoms with E-state index in [9.17, 15) is 0 Å². The number of halogens is 1. The topological polar surface area (TPSA) is 78.1 Å². The molecule has 1 aromatic carbocycles. The van der Waals surface area contributed by atoms with Crippen molar-refractivity contribution in [2.24, 2.45) is 16.1 Å². The van der Waals surface area contributed by atoms with E-state index in [2.05, 4.69) is 16.4 Å². The van der Waals surface area contributed by atoms with Crippen LogP contribution in [0.15, 0.2) is 29.3 Å². The summed E-state index contributed by atoms with van der Waals surface area (Å²) in [6.45, 7) is 3.56. The Morgan fingerprint density at radius 1 is 1.32 bits per heavy atom. The zero-order valence-corrected chi connectivity index (χ0v) is 17.0. The summed E-state index contributed by atoms with van der Waals surface area (Å²) in [7, 11) is 1.74. The zero-order valence-electron chi connectivity index (χ0n) is 14.7. The molecule has 6 nitrogen and oxygen atoms in total. The van der Waals surface area contributed by atoms with Crippen LogP contribution in [0.5, 0.6) is 5.75 Å². The Morgan fingerprint density at radius 2 is 2.08 bits per heavy atom. The Labute approximate surface area is 166 Å². The van der Waals surface area contributed by atoms with Crippen LogP contribution in [0.1, 0.15) is 30.9 Å². The van der Waals surface area contributed by atoms with E-state index in [1.807, 2.05) is 18.2 Å². The van der Waals surface area contributed by atoms with Crippen LogP contribution in [-0.2, 0) is 9.47 Å². The normalized spacial score (nSPS) is 22.3. The number of ether oxygens (including phenoxy) is 3. The van der Waals surface area contributed by atoms with Crippen LogP contribution in [0.4, 0.5) is 0 Å². The summed E-state index contributed by atoms with van der Waals surface area (Å²) >= 11 is 0. The number of hydrogen-bond donors (Lipinski definition) is 2. The van der Waals surface area contributed by atoms with Gasteiger partial charge in [-0.1, -0.05) is 18.2 Å². The Morgan fingerprint density at radius 3 is 2.84 bits per heavy atom. The molecule has 1 fully saturated rings. The minimum absolute atomic E-state index is 0. The van der Waals surface area contributed by atoms with Crippen molar-refractivity contribution < 1.29 is 14.2 Å². The van der Waals surface area contributed by atoms with E-state index < -0.39 is 0 Å². The maximum absolute atomic E-state index is 6.16. The molecule has 3 rings (SSSR count). The Kier molecular flexibility index (Phi) is 7.77. The zero-order chi connectivity index (χ0) is 16.8. The molecule has 1 unspecified atom stereocenters. The van der Waals surface area contributed by atoms with Crippen molar-refractivity contribution >= 4 is 29.9 Å². The molecule has 1 aromatic rings. The number of nitrogens with one attached hydrogen (secondary N) is 1. The highest BCUT2D eigenvalue weighted by atomic mass is 127. The lowest BCUT2D eigenvalue weighted by Crippen LogP contribution is -2.40. The van der Waals surface area contributed by atoms with E-state index in [0.717, 1.165) is 43.8 Å². The molecular weight excluding hydrogens is 433 g/mol. The summed E-state index contributed by atoms with van der Waals surface area (Å²) in [5.74, 6) is 1.41.